The van der Waals surface area contributed by atoms with Crippen molar-refractivity contribution in [2.24, 2.45) is 0 Å². The van der Waals surface area contributed by atoms with Gasteiger partial charge in [0.1, 0.15) is 0 Å². The molecule has 0 aromatic rings. The van der Waals surface area contributed by atoms with Crippen LogP contribution in [0.15, 0.2) is 0 Å². The molecule has 86 valence electrons. The Balaban J connectivity index is 2.85. The van der Waals surface area contributed by atoms with Gasteiger partial charge in [-0.2, -0.15) is 0 Å². The molecule has 0 aromatic heterocycles. The summed E-state index contributed by atoms with van der Waals surface area (Å²) < 4.78 is 0. The Bertz CT molecular complexity index is 104. The van der Waals surface area contributed by atoms with Crippen LogP contribution in [0.2, 0.25) is 0 Å². The molecule has 0 spiro atoms. The molecule has 0 amide bonds. The third-order valence-corrected chi connectivity index (χ3v) is 2.48. The molecule has 0 fully saturated rings. The van der Waals surface area contributed by atoms with E-state index in [0.717, 1.165) is 13.0 Å². The Hall–Kier alpha value is -0.0800. The van der Waals surface area contributed by atoms with Gasteiger partial charge in [0, 0.05) is 0 Å². The van der Waals surface area contributed by atoms with Crippen LogP contribution < -0.4 is 5.32 Å². The zero-order valence-electron chi connectivity index (χ0n) is 9.89. The highest BCUT2D eigenvalue weighted by atomic mass is 16.3. The lowest BCUT2D eigenvalue weighted by atomic mass is 10.1. The molecule has 0 saturated carbocycles. The van der Waals surface area contributed by atoms with E-state index >= 15 is 0 Å². The summed E-state index contributed by atoms with van der Waals surface area (Å²) in [5.74, 6) is 0. The zero-order chi connectivity index (χ0) is 10.6. The van der Waals surface area contributed by atoms with Crippen molar-refractivity contribution in [1.29, 1.82) is 0 Å². The smallest absolute Gasteiger partial charge is 0.0512 e. The first-order valence-electron chi connectivity index (χ1n) is 6.16. The van der Waals surface area contributed by atoms with Crippen LogP contribution in [0.5, 0.6) is 0 Å². The predicted octanol–water partition coefficient (Wildman–Crippen LogP) is 2.71. The molecule has 0 saturated heterocycles. The summed E-state index contributed by atoms with van der Waals surface area (Å²) in [6, 6.07) is 0. The number of aliphatic hydroxyl groups excluding tert-OH is 1. The van der Waals surface area contributed by atoms with Gasteiger partial charge >= 0.3 is 0 Å². The Morgan fingerprint density at radius 2 is 1.57 bits per heavy atom. The molecule has 0 bridgehead atoms. The first-order chi connectivity index (χ1) is 6.77. The van der Waals surface area contributed by atoms with Crippen LogP contribution in [0.1, 0.15) is 58.8 Å². The molecule has 0 aliphatic rings. The van der Waals surface area contributed by atoms with Crippen molar-refractivity contribution in [3.63, 3.8) is 0 Å². The third kappa shape index (κ3) is 11.9. The molecule has 1 unspecified atom stereocenters. The van der Waals surface area contributed by atoms with E-state index in [1.54, 1.807) is 0 Å². The molecule has 0 aliphatic carbocycles. The van der Waals surface area contributed by atoms with Gasteiger partial charge in [0.15, 0.2) is 0 Å². The van der Waals surface area contributed by atoms with Crippen molar-refractivity contribution in [3.05, 3.63) is 0 Å². The van der Waals surface area contributed by atoms with E-state index in [1.807, 2.05) is 6.92 Å². The number of aliphatic hydroxyl groups is 1. The monoisotopic (exact) mass is 201 g/mol. The van der Waals surface area contributed by atoms with Crippen LogP contribution in [0, 0.1) is 0 Å². The average Bonchev–Trinajstić information content (AvgIpc) is 2.15. The van der Waals surface area contributed by atoms with E-state index in [2.05, 4.69) is 12.2 Å². The standard InChI is InChI=1S/C12H27NO/c1-3-13-11-9-7-5-4-6-8-10-12(2)14/h12-14H,3-11H2,1-2H3. The number of unbranched alkanes of at least 4 members (excludes halogenated alkanes) is 5. The fourth-order valence-corrected chi connectivity index (χ4v) is 1.57. The molecule has 14 heavy (non-hydrogen) atoms. The Morgan fingerprint density at radius 1 is 1.00 bits per heavy atom. The highest BCUT2D eigenvalue weighted by molar-refractivity contribution is 4.50. The first-order valence-corrected chi connectivity index (χ1v) is 6.16. The van der Waals surface area contributed by atoms with E-state index in [4.69, 9.17) is 5.11 Å². The zero-order valence-corrected chi connectivity index (χ0v) is 9.89. The Kier molecular flexibility index (Phi) is 10.9. The van der Waals surface area contributed by atoms with Crippen molar-refractivity contribution < 1.29 is 5.11 Å². The van der Waals surface area contributed by atoms with E-state index < -0.39 is 0 Å². The van der Waals surface area contributed by atoms with Gasteiger partial charge in [-0.3, -0.25) is 0 Å². The molecule has 0 rings (SSSR count). The minimum Gasteiger partial charge on any atom is -0.393 e. The molecule has 2 nitrogen and oxygen atoms in total. The average molecular weight is 201 g/mol. The van der Waals surface area contributed by atoms with Gasteiger partial charge in [-0.05, 0) is 32.9 Å². The van der Waals surface area contributed by atoms with Gasteiger partial charge in [0.25, 0.3) is 0 Å². The van der Waals surface area contributed by atoms with Gasteiger partial charge in [0.05, 0.1) is 6.10 Å². The summed E-state index contributed by atoms with van der Waals surface area (Å²) in [6.07, 6.45) is 8.67. The second-order valence-corrected chi connectivity index (χ2v) is 4.11. The van der Waals surface area contributed by atoms with Crippen molar-refractivity contribution >= 4 is 0 Å². The van der Waals surface area contributed by atoms with Gasteiger partial charge in [-0.1, -0.05) is 39.0 Å². The van der Waals surface area contributed by atoms with Gasteiger partial charge in [-0.15, -0.1) is 0 Å². The number of hydrogen-bond donors (Lipinski definition) is 2. The van der Waals surface area contributed by atoms with Crippen molar-refractivity contribution in [2.45, 2.75) is 64.9 Å². The normalized spacial score (nSPS) is 13.1. The fraction of sp³-hybridized carbons (Fsp3) is 1.00. The minimum atomic E-state index is -0.108. The maximum absolute atomic E-state index is 9.04. The molecule has 0 aromatic carbocycles. The van der Waals surface area contributed by atoms with Crippen molar-refractivity contribution in [2.75, 3.05) is 13.1 Å². The number of nitrogens with one attached hydrogen (secondary N) is 1. The summed E-state index contributed by atoms with van der Waals surface area (Å²) in [5.41, 5.74) is 0. The molecule has 2 heteroatoms. The maximum atomic E-state index is 9.04. The van der Waals surface area contributed by atoms with Crippen LogP contribution in [0.25, 0.3) is 0 Å². The van der Waals surface area contributed by atoms with E-state index in [0.29, 0.717) is 0 Å². The fourth-order valence-electron chi connectivity index (χ4n) is 1.57. The second-order valence-electron chi connectivity index (χ2n) is 4.11. The second kappa shape index (κ2) is 11.0. The summed E-state index contributed by atoms with van der Waals surface area (Å²) in [4.78, 5) is 0. The summed E-state index contributed by atoms with van der Waals surface area (Å²) in [5, 5.41) is 12.4. The van der Waals surface area contributed by atoms with Crippen LogP contribution in [-0.2, 0) is 0 Å². The van der Waals surface area contributed by atoms with Crippen LogP contribution in [0.3, 0.4) is 0 Å². The molecular weight excluding hydrogens is 174 g/mol. The van der Waals surface area contributed by atoms with Crippen molar-refractivity contribution in [3.8, 4) is 0 Å². The van der Waals surface area contributed by atoms with Gasteiger partial charge in [-0.25, -0.2) is 0 Å². The molecule has 1 atom stereocenters. The summed E-state index contributed by atoms with van der Waals surface area (Å²) in [6.45, 7) is 6.28. The number of rotatable bonds is 10. The summed E-state index contributed by atoms with van der Waals surface area (Å²) >= 11 is 0. The quantitative estimate of drug-likeness (QED) is 0.533. The van der Waals surface area contributed by atoms with Gasteiger partial charge in [0.2, 0.25) is 0 Å². The van der Waals surface area contributed by atoms with Crippen molar-refractivity contribution in [1.82, 2.24) is 5.32 Å². The molecule has 2 N–H and O–H groups in total. The predicted molar refractivity (Wildman–Crippen MR) is 62.5 cm³/mol. The lowest BCUT2D eigenvalue weighted by Crippen LogP contribution is -2.13. The Morgan fingerprint density at radius 3 is 2.14 bits per heavy atom. The Labute approximate surface area is 89.1 Å². The summed E-state index contributed by atoms with van der Waals surface area (Å²) in [7, 11) is 0. The maximum Gasteiger partial charge on any atom is 0.0512 e. The first kappa shape index (κ1) is 13.9. The number of hydrogen-bond acceptors (Lipinski definition) is 2. The van der Waals surface area contributed by atoms with Crippen LogP contribution >= 0.6 is 0 Å². The third-order valence-electron chi connectivity index (χ3n) is 2.48. The largest absolute Gasteiger partial charge is 0.393 e. The minimum absolute atomic E-state index is 0.108. The lowest BCUT2D eigenvalue weighted by molar-refractivity contribution is 0.180. The molecule has 0 radical (unpaired) electrons. The van der Waals surface area contributed by atoms with Crippen LogP contribution in [-0.4, -0.2) is 24.3 Å². The van der Waals surface area contributed by atoms with Gasteiger partial charge < -0.3 is 10.4 Å². The molecule has 0 aliphatic heterocycles. The van der Waals surface area contributed by atoms with E-state index in [1.165, 1.54) is 45.1 Å². The lowest BCUT2D eigenvalue weighted by Gasteiger charge is -2.04. The molecular formula is C12H27NO. The topological polar surface area (TPSA) is 32.3 Å². The SMILES string of the molecule is CCNCCCCCCCCC(C)O. The van der Waals surface area contributed by atoms with E-state index in [9.17, 15) is 0 Å². The van der Waals surface area contributed by atoms with E-state index in [-0.39, 0.29) is 6.10 Å². The molecule has 0 heterocycles. The van der Waals surface area contributed by atoms with Crippen LogP contribution in [0.4, 0.5) is 0 Å². The highest BCUT2D eigenvalue weighted by Gasteiger charge is 1.95. The highest BCUT2D eigenvalue weighted by Crippen LogP contribution is 2.08.